The van der Waals surface area contributed by atoms with E-state index in [2.05, 4.69) is 15.3 Å². The Morgan fingerprint density at radius 1 is 1.21 bits per heavy atom. The van der Waals surface area contributed by atoms with E-state index in [1.807, 2.05) is 0 Å². The number of benzene rings is 1. The summed E-state index contributed by atoms with van der Waals surface area (Å²) in [5.74, 6) is -3.24. The van der Waals surface area contributed by atoms with Crippen molar-refractivity contribution in [3.63, 3.8) is 0 Å². The van der Waals surface area contributed by atoms with E-state index >= 15 is 0 Å². The second-order valence-electron chi connectivity index (χ2n) is 4.57. The van der Waals surface area contributed by atoms with Crippen molar-refractivity contribution in [2.75, 3.05) is 11.1 Å². The maximum absolute atomic E-state index is 12.2. The molecular formula is C14H12N3O6S-. The molecule has 0 aliphatic heterocycles. The summed E-state index contributed by atoms with van der Waals surface area (Å²) in [6.45, 7) is 1.44. The predicted octanol–water partition coefficient (Wildman–Crippen LogP) is 0.294. The van der Waals surface area contributed by atoms with E-state index in [9.17, 15) is 23.1 Å². The fourth-order valence-corrected chi connectivity index (χ4v) is 2.72. The fourth-order valence-electron chi connectivity index (χ4n) is 1.81. The van der Waals surface area contributed by atoms with E-state index in [0.717, 1.165) is 30.6 Å². The topological polar surface area (TPSA) is 149 Å². The van der Waals surface area contributed by atoms with Gasteiger partial charge in [0, 0.05) is 18.1 Å². The number of anilines is 1. The van der Waals surface area contributed by atoms with Crippen LogP contribution in [-0.4, -0.2) is 41.1 Å². The van der Waals surface area contributed by atoms with E-state index in [1.165, 1.54) is 6.92 Å². The molecule has 126 valence electrons. The first-order valence-corrected chi connectivity index (χ1v) is 8.31. The number of aromatic carboxylic acids is 1. The molecule has 2 rings (SSSR count). The first-order chi connectivity index (χ1) is 11.3. The molecule has 10 heteroatoms. The van der Waals surface area contributed by atoms with Gasteiger partial charge in [-0.2, -0.15) is 0 Å². The van der Waals surface area contributed by atoms with Gasteiger partial charge in [-0.3, -0.25) is 4.79 Å². The Bertz CT molecular complexity index is 910. The molecule has 1 aromatic carbocycles. The second kappa shape index (κ2) is 6.62. The molecule has 0 unspecified atom stereocenters. The molecule has 0 saturated heterocycles. The Morgan fingerprint density at radius 3 is 2.42 bits per heavy atom. The van der Waals surface area contributed by atoms with Gasteiger partial charge in [-0.15, -0.1) is 0 Å². The predicted molar refractivity (Wildman–Crippen MR) is 80.6 cm³/mol. The number of carboxylic acids is 1. The zero-order valence-electron chi connectivity index (χ0n) is 12.4. The zero-order valence-corrected chi connectivity index (χ0v) is 13.2. The minimum atomic E-state index is -3.57. The number of nitrogens with one attached hydrogen (secondary N) is 1. The molecule has 9 nitrogen and oxygen atoms in total. The highest BCUT2D eigenvalue weighted by Crippen LogP contribution is 2.25. The summed E-state index contributed by atoms with van der Waals surface area (Å²) in [7, 11) is -3.57. The zero-order chi connectivity index (χ0) is 17.9. The van der Waals surface area contributed by atoms with Crippen LogP contribution in [0.15, 0.2) is 35.5 Å². The first kappa shape index (κ1) is 17.3. The lowest BCUT2D eigenvalue weighted by molar-refractivity contribution is -0.267. The Labute approximate surface area is 136 Å². The quantitative estimate of drug-likeness (QED) is 0.781. The summed E-state index contributed by atoms with van der Waals surface area (Å²) in [4.78, 5) is 30.2. The van der Waals surface area contributed by atoms with Crippen LogP contribution in [0.2, 0.25) is 0 Å². The third-order valence-electron chi connectivity index (χ3n) is 3.05. The molecule has 0 aliphatic carbocycles. The smallest absolute Gasteiger partial charge is 0.356 e. The van der Waals surface area contributed by atoms with E-state index in [0.29, 0.717) is 0 Å². The minimum absolute atomic E-state index is 0.127. The van der Waals surface area contributed by atoms with Crippen molar-refractivity contribution < 1.29 is 28.2 Å². The third kappa shape index (κ3) is 3.49. The van der Waals surface area contributed by atoms with Crippen LogP contribution in [0, 0.1) is 0 Å². The number of carbonyl (C=O) groups excluding carboxylic acids is 1. The number of hydrogen-bond acceptors (Lipinski definition) is 7. The van der Waals surface area contributed by atoms with Crippen molar-refractivity contribution in [1.29, 1.82) is 0 Å². The molecule has 0 atom stereocenters. The van der Waals surface area contributed by atoms with Crippen LogP contribution in [0.3, 0.4) is 0 Å². The fraction of sp³-hybridized carbons (Fsp3) is 0.143. The number of rotatable bonds is 5. The summed E-state index contributed by atoms with van der Waals surface area (Å²) >= 11 is 0. The molecule has 1 amide bonds. The molecule has 0 aliphatic rings. The number of sulfone groups is 1. The van der Waals surface area contributed by atoms with Gasteiger partial charge in [-0.1, -0.05) is 18.7 Å². The van der Waals surface area contributed by atoms with Crippen molar-refractivity contribution >= 4 is 27.4 Å². The Hall–Kier alpha value is -3.01. The number of carboxylic acid groups (broad SMARTS) is 1. The summed E-state index contributed by atoms with van der Waals surface area (Å²) in [5.41, 5.74) is -1.37. The third-order valence-corrected chi connectivity index (χ3v) is 4.79. The van der Waals surface area contributed by atoms with Crippen molar-refractivity contribution in [2.45, 2.75) is 11.8 Å². The number of amides is 1. The van der Waals surface area contributed by atoms with Gasteiger partial charge in [-0.05, 0) is 12.1 Å². The molecule has 0 radical (unpaired) electrons. The molecule has 0 bridgehead atoms. The molecule has 2 aromatic rings. The number of hydrogen-bond donors (Lipinski definition) is 2. The highest BCUT2D eigenvalue weighted by molar-refractivity contribution is 7.91. The number of nitrogens with zero attached hydrogens (tertiary/aromatic N) is 2. The molecule has 24 heavy (non-hydrogen) atoms. The van der Waals surface area contributed by atoms with Crippen LogP contribution in [0.1, 0.15) is 27.9 Å². The van der Waals surface area contributed by atoms with Crippen LogP contribution < -0.4 is 10.4 Å². The van der Waals surface area contributed by atoms with Gasteiger partial charge in [-0.25, -0.2) is 23.2 Å². The van der Waals surface area contributed by atoms with Gasteiger partial charge in [0.15, 0.2) is 21.2 Å². The van der Waals surface area contributed by atoms with Crippen LogP contribution in [-0.2, 0) is 9.84 Å². The van der Waals surface area contributed by atoms with Gasteiger partial charge < -0.3 is 15.5 Å². The number of aromatic nitrogens is 2. The molecular weight excluding hydrogens is 338 g/mol. The summed E-state index contributed by atoms with van der Waals surface area (Å²) in [6.07, 6.45) is 2.23. The largest absolute Gasteiger partial charge is 0.871 e. The lowest BCUT2D eigenvalue weighted by Gasteiger charge is -2.16. The Balaban J connectivity index is 2.40. The van der Waals surface area contributed by atoms with Crippen molar-refractivity contribution in [3.8, 4) is 5.75 Å². The highest BCUT2D eigenvalue weighted by Gasteiger charge is 2.20. The van der Waals surface area contributed by atoms with E-state index in [-0.39, 0.29) is 16.3 Å². The monoisotopic (exact) mass is 350 g/mol. The maximum atomic E-state index is 12.2. The standard InChI is InChI=1S/C14H13N3O6S/c1-2-24(22,23)8-3-4-10(18)9(7-8)17-13(19)11-12(14(20)21)16-6-5-15-11/h3-7,18H,2H2,1H3,(H,17,19)(H,20,21)/p-1. The molecule has 0 saturated carbocycles. The van der Waals surface area contributed by atoms with E-state index in [1.54, 1.807) is 0 Å². The van der Waals surface area contributed by atoms with Crippen molar-refractivity contribution in [1.82, 2.24) is 9.97 Å². The number of carbonyl (C=O) groups is 2. The van der Waals surface area contributed by atoms with Crippen LogP contribution in [0.25, 0.3) is 0 Å². The normalized spacial score (nSPS) is 11.0. The minimum Gasteiger partial charge on any atom is -0.871 e. The average molecular weight is 350 g/mol. The molecule has 2 N–H and O–H groups in total. The molecule has 0 fully saturated rings. The van der Waals surface area contributed by atoms with Crippen molar-refractivity contribution in [2.24, 2.45) is 0 Å². The summed E-state index contributed by atoms with van der Waals surface area (Å²) in [6, 6.07) is 3.17. The van der Waals surface area contributed by atoms with Crippen LogP contribution in [0.4, 0.5) is 5.69 Å². The Morgan fingerprint density at radius 2 is 1.83 bits per heavy atom. The van der Waals surface area contributed by atoms with E-state index < -0.39 is 38.9 Å². The average Bonchev–Trinajstić information content (AvgIpc) is 2.56. The maximum Gasteiger partial charge on any atom is 0.356 e. The first-order valence-electron chi connectivity index (χ1n) is 6.65. The van der Waals surface area contributed by atoms with Gasteiger partial charge >= 0.3 is 5.97 Å². The Kier molecular flexibility index (Phi) is 4.79. The van der Waals surface area contributed by atoms with Gasteiger partial charge in [0.2, 0.25) is 0 Å². The summed E-state index contributed by atoms with van der Waals surface area (Å²) < 4.78 is 23.7. The van der Waals surface area contributed by atoms with Crippen LogP contribution >= 0.6 is 0 Å². The van der Waals surface area contributed by atoms with Gasteiger partial charge in [0.05, 0.1) is 10.6 Å². The van der Waals surface area contributed by atoms with Crippen LogP contribution in [0.5, 0.6) is 5.75 Å². The van der Waals surface area contributed by atoms with Crippen molar-refractivity contribution in [3.05, 3.63) is 42.0 Å². The lowest BCUT2D eigenvalue weighted by atomic mass is 10.2. The SMILES string of the molecule is CCS(=O)(=O)c1ccc([O-])c(NC(=O)c2nccnc2C(=O)O)c1. The molecule has 1 heterocycles. The summed E-state index contributed by atoms with van der Waals surface area (Å²) in [5, 5.41) is 23.0. The molecule has 1 aromatic heterocycles. The molecule has 0 spiro atoms. The second-order valence-corrected chi connectivity index (χ2v) is 6.85. The van der Waals surface area contributed by atoms with E-state index in [4.69, 9.17) is 5.11 Å². The lowest BCUT2D eigenvalue weighted by Crippen LogP contribution is -2.20. The highest BCUT2D eigenvalue weighted by atomic mass is 32.2. The van der Waals surface area contributed by atoms with Gasteiger partial charge in [0.25, 0.3) is 5.91 Å². The van der Waals surface area contributed by atoms with Gasteiger partial charge in [0.1, 0.15) is 0 Å².